The first-order chi connectivity index (χ1) is 6.61. The van der Waals surface area contributed by atoms with Gasteiger partial charge in [-0.1, -0.05) is 76.9 Å². The molecule has 0 rings (SSSR count). The zero-order valence-electron chi connectivity index (χ0n) is 11.1. The molecule has 0 N–H and O–H groups in total. The quantitative estimate of drug-likeness (QED) is 0.541. The van der Waals surface area contributed by atoms with Gasteiger partial charge >= 0.3 is 0 Å². The van der Waals surface area contributed by atoms with Crippen LogP contribution in [0, 0.1) is 0 Å². The highest BCUT2D eigenvalue weighted by atomic mass is 28.4. The fourth-order valence-electron chi connectivity index (χ4n) is 2.96. The average Bonchev–Trinajstić information content (AvgIpc) is 2.23. The molecule has 0 aromatic carbocycles. The van der Waals surface area contributed by atoms with Crippen molar-refractivity contribution in [3.63, 3.8) is 0 Å². The summed E-state index contributed by atoms with van der Waals surface area (Å²) in [6, 6.07) is 7.49. The zero-order valence-corrected chi connectivity index (χ0v) is 13.1. The molecule has 1 radical (unpaired) electrons. The third-order valence-electron chi connectivity index (χ3n) is 4.55. The molecule has 1 atom stereocenters. The Bertz CT molecular complexity index is 129. The SMILES string of the molecule is CC[Si](CC)C(C)[Si](CC)(CC)CC. The average molecular weight is 230 g/mol. The van der Waals surface area contributed by atoms with Crippen molar-refractivity contribution < 1.29 is 0 Å². The molecule has 0 aliphatic carbocycles. The lowest BCUT2D eigenvalue weighted by molar-refractivity contribution is 1.03. The lowest BCUT2D eigenvalue weighted by Gasteiger charge is -2.38. The van der Waals surface area contributed by atoms with Gasteiger partial charge in [0.05, 0.1) is 8.07 Å². The summed E-state index contributed by atoms with van der Waals surface area (Å²) in [5.41, 5.74) is 0. The van der Waals surface area contributed by atoms with Crippen LogP contribution in [0.25, 0.3) is 0 Å². The summed E-state index contributed by atoms with van der Waals surface area (Å²) in [4.78, 5) is 0. The summed E-state index contributed by atoms with van der Waals surface area (Å²) in [6.07, 6.45) is 0. The van der Waals surface area contributed by atoms with E-state index in [0.29, 0.717) is 0 Å². The lowest BCUT2D eigenvalue weighted by Crippen LogP contribution is -2.43. The fraction of sp³-hybridized carbons (Fsp3) is 1.00. The summed E-state index contributed by atoms with van der Waals surface area (Å²) >= 11 is 0. The molecule has 0 aliphatic heterocycles. The minimum absolute atomic E-state index is 0.0318. The van der Waals surface area contributed by atoms with E-state index >= 15 is 0 Å². The van der Waals surface area contributed by atoms with Crippen molar-refractivity contribution in [1.29, 1.82) is 0 Å². The molecular formula is C12H29Si2. The summed E-state index contributed by atoms with van der Waals surface area (Å²) in [7, 11) is -0.912. The van der Waals surface area contributed by atoms with Gasteiger partial charge in [0.1, 0.15) is 0 Å². The Labute approximate surface area is 94.1 Å². The number of hydrogen-bond acceptors (Lipinski definition) is 0. The van der Waals surface area contributed by atoms with Crippen molar-refractivity contribution in [3.8, 4) is 0 Å². The molecule has 0 saturated heterocycles. The van der Waals surface area contributed by atoms with Gasteiger partial charge in [0.2, 0.25) is 0 Å². The van der Waals surface area contributed by atoms with Crippen molar-refractivity contribution in [3.05, 3.63) is 0 Å². The topological polar surface area (TPSA) is 0 Å². The highest BCUT2D eigenvalue weighted by Gasteiger charge is 2.36. The van der Waals surface area contributed by atoms with Crippen molar-refractivity contribution in [1.82, 2.24) is 0 Å². The van der Waals surface area contributed by atoms with Crippen molar-refractivity contribution in [2.75, 3.05) is 0 Å². The van der Waals surface area contributed by atoms with Crippen LogP contribution in [-0.4, -0.2) is 16.9 Å². The maximum absolute atomic E-state index is 2.59. The third kappa shape index (κ3) is 2.96. The Balaban J connectivity index is 4.63. The molecule has 2 heteroatoms. The van der Waals surface area contributed by atoms with E-state index in [1.807, 2.05) is 0 Å². The van der Waals surface area contributed by atoms with E-state index in [1.54, 1.807) is 0 Å². The summed E-state index contributed by atoms with van der Waals surface area (Å²) < 4.78 is 0. The predicted molar refractivity (Wildman–Crippen MR) is 73.3 cm³/mol. The van der Waals surface area contributed by atoms with Crippen LogP contribution in [0.15, 0.2) is 0 Å². The summed E-state index contributed by atoms with van der Waals surface area (Å²) in [5, 5.41) is 1.13. The van der Waals surface area contributed by atoms with Gasteiger partial charge in [0, 0.05) is 8.80 Å². The van der Waals surface area contributed by atoms with E-state index in [9.17, 15) is 0 Å². The monoisotopic (exact) mass is 229 g/mol. The Morgan fingerprint density at radius 1 is 0.857 bits per heavy atom. The molecule has 0 aromatic heterocycles. The zero-order chi connectivity index (χ0) is 11.2. The highest BCUT2D eigenvalue weighted by Crippen LogP contribution is 2.36. The second kappa shape index (κ2) is 6.83. The normalized spacial score (nSPS) is 14.8. The van der Waals surface area contributed by atoms with Crippen LogP contribution in [-0.2, 0) is 0 Å². The van der Waals surface area contributed by atoms with Crippen LogP contribution in [0.1, 0.15) is 41.5 Å². The van der Waals surface area contributed by atoms with E-state index in [2.05, 4.69) is 41.5 Å². The van der Waals surface area contributed by atoms with Gasteiger partial charge in [-0.2, -0.15) is 0 Å². The minimum Gasteiger partial charge on any atom is -0.0680 e. The first-order valence-corrected chi connectivity index (χ1v) is 11.1. The standard InChI is InChI=1S/C12H29Si2/c1-7-13(8-2)12(6)14(9-3,10-4)11-5/h12H,7-11H2,1-6H3. The molecule has 0 amide bonds. The second-order valence-corrected chi connectivity index (χ2v) is 14.4. The van der Waals surface area contributed by atoms with Crippen LogP contribution < -0.4 is 0 Å². The molecule has 0 fully saturated rings. The van der Waals surface area contributed by atoms with Crippen molar-refractivity contribution in [2.24, 2.45) is 0 Å². The lowest BCUT2D eigenvalue weighted by atomic mass is 10.9. The van der Waals surface area contributed by atoms with Gasteiger partial charge in [-0.3, -0.25) is 0 Å². The number of hydrogen-bond donors (Lipinski definition) is 0. The van der Waals surface area contributed by atoms with Gasteiger partial charge in [0.25, 0.3) is 0 Å². The molecule has 0 heterocycles. The largest absolute Gasteiger partial charge is 0.0680 e. The van der Waals surface area contributed by atoms with Gasteiger partial charge in [-0.05, 0) is 0 Å². The molecule has 0 saturated carbocycles. The van der Waals surface area contributed by atoms with E-state index < -0.39 is 8.07 Å². The molecule has 0 aliphatic rings. The third-order valence-corrected chi connectivity index (χ3v) is 16.7. The van der Waals surface area contributed by atoms with Crippen molar-refractivity contribution in [2.45, 2.75) is 76.9 Å². The summed E-state index contributed by atoms with van der Waals surface area (Å²) in [6.45, 7) is 14.7. The van der Waals surface area contributed by atoms with E-state index in [4.69, 9.17) is 0 Å². The number of rotatable bonds is 7. The molecule has 1 unspecified atom stereocenters. The predicted octanol–water partition coefficient (Wildman–Crippen LogP) is 4.96. The van der Waals surface area contributed by atoms with Crippen LogP contribution in [0.5, 0.6) is 0 Å². The molecular weight excluding hydrogens is 200 g/mol. The maximum Gasteiger partial charge on any atom is 0.0527 e. The molecule has 14 heavy (non-hydrogen) atoms. The Morgan fingerprint density at radius 3 is 1.43 bits per heavy atom. The summed E-state index contributed by atoms with van der Waals surface area (Å²) in [5.74, 6) is 0. The minimum atomic E-state index is -0.881. The van der Waals surface area contributed by atoms with E-state index in [0.717, 1.165) is 5.16 Å². The van der Waals surface area contributed by atoms with E-state index in [1.165, 1.54) is 30.2 Å². The Kier molecular flexibility index (Phi) is 7.04. The van der Waals surface area contributed by atoms with Gasteiger partial charge < -0.3 is 0 Å². The Morgan fingerprint density at radius 2 is 1.21 bits per heavy atom. The Hall–Kier alpha value is 0.434. The van der Waals surface area contributed by atoms with Gasteiger partial charge in [0.15, 0.2) is 0 Å². The van der Waals surface area contributed by atoms with Crippen LogP contribution in [0.3, 0.4) is 0 Å². The molecule has 85 valence electrons. The second-order valence-electron chi connectivity index (χ2n) is 4.51. The van der Waals surface area contributed by atoms with Gasteiger partial charge in [-0.15, -0.1) is 0 Å². The fourth-order valence-corrected chi connectivity index (χ4v) is 14.6. The maximum atomic E-state index is 2.59. The molecule has 0 nitrogen and oxygen atoms in total. The molecule has 0 bridgehead atoms. The molecule has 0 aromatic rings. The first kappa shape index (κ1) is 14.4. The van der Waals surface area contributed by atoms with Crippen LogP contribution >= 0.6 is 0 Å². The van der Waals surface area contributed by atoms with Gasteiger partial charge in [-0.25, -0.2) is 0 Å². The molecule has 0 spiro atoms. The van der Waals surface area contributed by atoms with E-state index in [-0.39, 0.29) is 8.80 Å². The van der Waals surface area contributed by atoms with Crippen LogP contribution in [0.4, 0.5) is 0 Å². The smallest absolute Gasteiger partial charge is 0.0527 e. The van der Waals surface area contributed by atoms with Crippen molar-refractivity contribution >= 4 is 16.9 Å². The first-order valence-electron chi connectivity index (χ1n) is 6.46. The highest BCUT2D eigenvalue weighted by molar-refractivity contribution is 6.91. The van der Waals surface area contributed by atoms with Crippen LogP contribution in [0.2, 0.25) is 35.4 Å².